The summed E-state index contributed by atoms with van der Waals surface area (Å²) in [5, 5.41) is 3.51. The van der Waals surface area contributed by atoms with Crippen LogP contribution in [0.2, 0.25) is 0 Å². The van der Waals surface area contributed by atoms with E-state index in [-0.39, 0.29) is 0 Å². The number of hydrogen-bond donors (Lipinski definition) is 1. The maximum atomic E-state index is 5.57. The van der Waals surface area contributed by atoms with Crippen molar-refractivity contribution in [3.05, 3.63) is 11.1 Å². The van der Waals surface area contributed by atoms with E-state index in [2.05, 4.69) is 12.2 Å². The molecule has 0 amide bonds. The lowest BCUT2D eigenvalue weighted by Gasteiger charge is -2.16. The van der Waals surface area contributed by atoms with Crippen molar-refractivity contribution in [1.29, 1.82) is 0 Å². The second-order valence-corrected chi connectivity index (χ2v) is 4.75. The average molecular weight is 206 g/mol. The summed E-state index contributed by atoms with van der Waals surface area (Å²) in [5.74, 6) is 3.34. The van der Waals surface area contributed by atoms with E-state index in [4.69, 9.17) is 11.6 Å². The fraction of sp³-hybridized carbons (Fsp3) is 0.778. The summed E-state index contributed by atoms with van der Waals surface area (Å²) in [6, 6.07) is 0.682. The molecule has 0 bridgehead atoms. The van der Waals surface area contributed by atoms with Crippen molar-refractivity contribution in [2.24, 2.45) is 5.92 Å². The van der Waals surface area contributed by atoms with Crippen molar-refractivity contribution in [2.75, 3.05) is 18.1 Å². The van der Waals surface area contributed by atoms with Gasteiger partial charge >= 0.3 is 0 Å². The van der Waals surface area contributed by atoms with E-state index in [1.165, 1.54) is 17.1 Å². The van der Waals surface area contributed by atoms with Crippen molar-refractivity contribution >= 4 is 23.4 Å². The molecule has 1 saturated heterocycles. The van der Waals surface area contributed by atoms with Gasteiger partial charge < -0.3 is 5.32 Å². The zero-order valence-electron chi connectivity index (χ0n) is 7.64. The van der Waals surface area contributed by atoms with Crippen LogP contribution >= 0.6 is 23.4 Å². The number of thioether (sulfide) groups is 1. The quantitative estimate of drug-likeness (QED) is 0.760. The Morgan fingerprint density at radius 2 is 2.42 bits per heavy atom. The first-order valence-electron chi connectivity index (χ1n) is 4.31. The fourth-order valence-corrected chi connectivity index (χ4v) is 2.77. The van der Waals surface area contributed by atoms with Gasteiger partial charge in [0.2, 0.25) is 0 Å². The van der Waals surface area contributed by atoms with Crippen molar-refractivity contribution in [3.8, 4) is 0 Å². The molecule has 1 heterocycles. The summed E-state index contributed by atoms with van der Waals surface area (Å²) in [5.41, 5.74) is 2.86. The van der Waals surface area contributed by atoms with Crippen LogP contribution in [0.4, 0.5) is 0 Å². The first kappa shape index (κ1) is 10.4. The minimum absolute atomic E-state index is 0.682. The molecule has 1 nitrogen and oxygen atoms in total. The van der Waals surface area contributed by atoms with Crippen LogP contribution in [-0.2, 0) is 0 Å². The third-order valence-corrected chi connectivity index (χ3v) is 3.92. The van der Waals surface area contributed by atoms with Crippen LogP contribution in [-0.4, -0.2) is 24.1 Å². The molecule has 0 saturated carbocycles. The van der Waals surface area contributed by atoms with Crippen molar-refractivity contribution in [1.82, 2.24) is 5.32 Å². The minimum Gasteiger partial charge on any atom is -0.309 e. The molecule has 12 heavy (non-hydrogen) atoms. The minimum atomic E-state index is 0.682. The van der Waals surface area contributed by atoms with E-state index in [1.54, 1.807) is 5.54 Å². The molecule has 1 rings (SSSR count). The highest BCUT2D eigenvalue weighted by atomic mass is 35.5. The number of halogens is 1. The zero-order chi connectivity index (χ0) is 8.97. The van der Waals surface area contributed by atoms with Crippen molar-refractivity contribution in [2.45, 2.75) is 19.9 Å². The predicted octanol–water partition coefficient (Wildman–Crippen LogP) is 2.47. The van der Waals surface area contributed by atoms with Crippen LogP contribution in [0.25, 0.3) is 0 Å². The third-order valence-electron chi connectivity index (χ3n) is 2.19. The van der Waals surface area contributed by atoms with Crippen LogP contribution in [0.1, 0.15) is 13.8 Å². The van der Waals surface area contributed by atoms with Crippen LogP contribution < -0.4 is 5.32 Å². The van der Waals surface area contributed by atoms with Crippen LogP contribution in [0.15, 0.2) is 11.1 Å². The van der Waals surface area contributed by atoms with E-state index >= 15 is 0 Å². The summed E-state index contributed by atoms with van der Waals surface area (Å²) in [6.45, 7) is 5.28. The lowest BCUT2D eigenvalue weighted by atomic mass is 10.1. The molecule has 0 aromatic heterocycles. The second kappa shape index (κ2) is 5.15. The highest BCUT2D eigenvalue weighted by Gasteiger charge is 2.22. The molecule has 1 aliphatic heterocycles. The van der Waals surface area contributed by atoms with Gasteiger partial charge in [0.05, 0.1) is 0 Å². The molecule has 0 spiro atoms. The Balaban J connectivity index is 2.22. The predicted molar refractivity (Wildman–Crippen MR) is 57.9 cm³/mol. The molecule has 2 unspecified atom stereocenters. The van der Waals surface area contributed by atoms with Gasteiger partial charge in [-0.2, -0.15) is 11.8 Å². The number of nitrogens with one attached hydrogen (secondary N) is 1. The lowest BCUT2D eigenvalue weighted by molar-refractivity contribution is 0.470. The third kappa shape index (κ3) is 3.00. The highest BCUT2D eigenvalue weighted by Crippen LogP contribution is 2.23. The lowest BCUT2D eigenvalue weighted by Crippen LogP contribution is -2.35. The maximum absolute atomic E-state index is 5.57. The monoisotopic (exact) mass is 205 g/mol. The molecule has 1 fully saturated rings. The Kier molecular flexibility index (Phi) is 4.47. The normalized spacial score (nSPS) is 31.1. The summed E-state index contributed by atoms with van der Waals surface area (Å²) >= 11 is 7.60. The summed E-state index contributed by atoms with van der Waals surface area (Å²) in [7, 11) is 0. The molecular weight excluding hydrogens is 190 g/mol. The molecule has 2 atom stereocenters. The van der Waals surface area contributed by atoms with Crippen LogP contribution in [0.5, 0.6) is 0 Å². The fourth-order valence-electron chi connectivity index (χ4n) is 1.25. The van der Waals surface area contributed by atoms with Crippen LogP contribution in [0.3, 0.4) is 0 Å². The first-order valence-corrected chi connectivity index (χ1v) is 5.90. The van der Waals surface area contributed by atoms with Gasteiger partial charge in [-0.3, -0.25) is 0 Å². The Morgan fingerprint density at radius 3 is 2.92 bits per heavy atom. The van der Waals surface area contributed by atoms with Gasteiger partial charge in [-0.1, -0.05) is 18.5 Å². The smallest absolute Gasteiger partial charge is 0.0194 e. The van der Waals surface area contributed by atoms with E-state index < -0.39 is 0 Å². The van der Waals surface area contributed by atoms with Gasteiger partial charge in [0.25, 0.3) is 0 Å². The molecular formula is C9H16ClNS. The molecule has 1 N–H and O–H groups in total. The van der Waals surface area contributed by atoms with Crippen molar-refractivity contribution < 1.29 is 0 Å². The summed E-state index contributed by atoms with van der Waals surface area (Å²) in [4.78, 5) is 0. The Morgan fingerprint density at radius 1 is 1.67 bits per heavy atom. The molecule has 0 radical (unpaired) electrons. The standard InChI is InChI=1S/C9H16ClNS/c1-7(3-10)4-11-9-6-12-5-8(9)2/h3,8-9,11H,4-6H2,1-2H3/b7-3+. The van der Waals surface area contributed by atoms with Gasteiger partial charge in [-0.15, -0.1) is 0 Å². The Bertz CT molecular complexity index is 170. The van der Waals surface area contributed by atoms with Gasteiger partial charge in [-0.05, 0) is 24.2 Å². The number of rotatable bonds is 3. The average Bonchev–Trinajstić information content (AvgIpc) is 2.47. The number of hydrogen-bond acceptors (Lipinski definition) is 2. The van der Waals surface area contributed by atoms with Gasteiger partial charge in [0.15, 0.2) is 0 Å². The topological polar surface area (TPSA) is 12.0 Å². The first-order chi connectivity index (χ1) is 5.74. The maximum Gasteiger partial charge on any atom is 0.0194 e. The van der Waals surface area contributed by atoms with E-state index in [1.807, 2.05) is 18.7 Å². The van der Waals surface area contributed by atoms with E-state index in [9.17, 15) is 0 Å². The molecule has 3 heteroatoms. The largest absolute Gasteiger partial charge is 0.309 e. The molecule has 0 aromatic rings. The SMILES string of the molecule is C/C(=C\Cl)CNC1CSCC1C. The summed E-state index contributed by atoms with van der Waals surface area (Å²) < 4.78 is 0. The van der Waals surface area contributed by atoms with E-state index in [0.29, 0.717) is 6.04 Å². The Hall–Kier alpha value is 0.340. The van der Waals surface area contributed by atoms with E-state index in [0.717, 1.165) is 12.5 Å². The molecule has 0 aliphatic carbocycles. The van der Waals surface area contributed by atoms with Crippen LogP contribution in [0, 0.1) is 5.92 Å². The summed E-state index contributed by atoms with van der Waals surface area (Å²) in [6.07, 6.45) is 0. The second-order valence-electron chi connectivity index (χ2n) is 3.46. The van der Waals surface area contributed by atoms with Gasteiger partial charge in [0, 0.05) is 23.9 Å². The molecule has 1 aliphatic rings. The molecule has 70 valence electrons. The Labute approximate surface area is 83.9 Å². The molecule has 0 aromatic carbocycles. The highest BCUT2D eigenvalue weighted by molar-refractivity contribution is 7.99. The zero-order valence-corrected chi connectivity index (χ0v) is 9.21. The van der Waals surface area contributed by atoms with Crippen molar-refractivity contribution in [3.63, 3.8) is 0 Å². The van der Waals surface area contributed by atoms with Gasteiger partial charge in [-0.25, -0.2) is 0 Å². The van der Waals surface area contributed by atoms with Gasteiger partial charge in [0.1, 0.15) is 0 Å².